The second-order valence-corrected chi connectivity index (χ2v) is 7.02. The van der Waals surface area contributed by atoms with Crippen molar-refractivity contribution < 1.29 is 9.90 Å². The van der Waals surface area contributed by atoms with Crippen LogP contribution < -0.4 is 4.90 Å². The van der Waals surface area contributed by atoms with Crippen LogP contribution in [0.25, 0.3) is 0 Å². The highest BCUT2D eigenvalue weighted by molar-refractivity contribution is 5.98. The van der Waals surface area contributed by atoms with Gasteiger partial charge in [-0.1, -0.05) is 30.3 Å². The quantitative estimate of drug-likeness (QED) is 0.899. The Labute approximate surface area is 153 Å². The largest absolute Gasteiger partial charge is 0.395 e. The third-order valence-electron chi connectivity index (χ3n) is 5.37. The van der Waals surface area contributed by atoms with Crippen molar-refractivity contribution in [3.05, 3.63) is 53.3 Å². The first kappa shape index (κ1) is 17.1. The molecule has 6 nitrogen and oxygen atoms in total. The molecule has 0 bridgehead atoms. The summed E-state index contributed by atoms with van der Waals surface area (Å²) in [6.45, 7) is 4.38. The molecule has 2 aromatic rings. The van der Waals surface area contributed by atoms with Crippen LogP contribution in [0.4, 0.5) is 5.95 Å². The van der Waals surface area contributed by atoms with Gasteiger partial charge >= 0.3 is 0 Å². The summed E-state index contributed by atoms with van der Waals surface area (Å²) in [5.74, 6) is 1.05. The molecule has 1 aromatic carbocycles. The van der Waals surface area contributed by atoms with E-state index in [4.69, 9.17) is 10.1 Å². The maximum absolute atomic E-state index is 12.5. The first-order valence-corrected chi connectivity index (χ1v) is 9.27. The van der Waals surface area contributed by atoms with Crippen molar-refractivity contribution in [2.24, 2.45) is 0 Å². The summed E-state index contributed by atoms with van der Waals surface area (Å²) in [5.41, 5.74) is 2.75. The first-order chi connectivity index (χ1) is 12.7. The molecule has 1 aliphatic carbocycles. The monoisotopic (exact) mass is 352 g/mol. The summed E-state index contributed by atoms with van der Waals surface area (Å²) in [5, 5.41) is 9.07. The van der Waals surface area contributed by atoms with E-state index in [1.54, 1.807) is 6.20 Å². The number of carbonyl (C=O) groups excluding carboxylic acids is 1. The van der Waals surface area contributed by atoms with E-state index in [2.05, 4.69) is 26.9 Å². The van der Waals surface area contributed by atoms with E-state index < -0.39 is 0 Å². The zero-order valence-corrected chi connectivity index (χ0v) is 14.8. The van der Waals surface area contributed by atoms with Crippen molar-refractivity contribution >= 4 is 11.7 Å². The molecule has 0 radical (unpaired) electrons. The average Bonchev–Trinajstić information content (AvgIpc) is 2.69. The van der Waals surface area contributed by atoms with Gasteiger partial charge in [-0.05, 0) is 17.9 Å². The van der Waals surface area contributed by atoms with E-state index in [9.17, 15) is 4.79 Å². The van der Waals surface area contributed by atoms with Gasteiger partial charge in [-0.3, -0.25) is 9.69 Å². The highest BCUT2D eigenvalue weighted by Gasteiger charge is 2.29. The number of hydrogen-bond acceptors (Lipinski definition) is 6. The van der Waals surface area contributed by atoms with Crippen molar-refractivity contribution in [1.29, 1.82) is 0 Å². The second-order valence-electron chi connectivity index (χ2n) is 7.02. The molecule has 0 amide bonds. The molecule has 0 saturated carbocycles. The Bertz CT molecular complexity index is 773. The molecule has 1 N–H and O–H groups in total. The third kappa shape index (κ3) is 3.48. The molecule has 136 valence electrons. The Kier molecular flexibility index (Phi) is 4.95. The number of aliphatic hydroxyl groups excluding tert-OH is 1. The number of benzene rings is 1. The number of hydrogen-bond donors (Lipinski definition) is 1. The minimum absolute atomic E-state index is 0.138. The van der Waals surface area contributed by atoms with Gasteiger partial charge < -0.3 is 10.0 Å². The van der Waals surface area contributed by atoms with Gasteiger partial charge in [0.2, 0.25) is 5.95 Å². The standard InChI is InChI=1S/C20H24N4O2/c25-11-10-23-6-8-24(9-7-23)20-21-14-17-18(22-20)12-16(13-19(17)26)15-4-2-1-3-5-15/h1-5,14,16,25H,6-13H2/t16-/m0/s1. The summed E-state index contributed by atoms with van der Waals surface area (Å²) in [7, 11) is 0. The van der Waals surface area contributed by atoms with E-state index in [0.717, 1.165) is 38.3 Å². The Morgan fingerprint density at radius 1 is 1.08 bits per heavy atom. The number of ketones is 1. The zero-order valence-electron chi connectivity index (χ0n) is 14.8. The van der Waals surface area contributed by atoms with Gasteiger partial charge in [0, 0.05) is 45.3 Å². The van der Waals surface area contributed by atoms with Crippen molar-refractivity contribution in [2.75, 3.05) is 44.2 Å². The molecule has 6 heteroatoms. The van der Waals surface area contributed by atoms with Crippen LogP contribution in [-0.4, -0.2) is 65.1 Å². The number of carbonyl (C=O) groups is 1. The van der Waals surface area contributed by atoms with Crippen LogP contribution in [0.3, 0.4) is 0 Å². The number of β-amino-alcohol motifs (C(OH)–C–C–N with tert-alkyl or cyclic N) is 1. The highest BCUT2D eigenvalue weighted by Crippen LogP contribution is 2.32. The van der Waals surface area contributed by atoms with Crippen LogP contribution in [0.15, 0.2) is 36.5 Å². The predicted octanol–water partition coefficient (Wildman–Crippen LogP) is 1.50. The number of fused-ring (bicyclic) bond motifs is 1. The van der Waals surface area contributed by atoms with E-state index in [0.29, 0.717) is 24.5 Å². The van der Waals surface area contributed by atoms with Crippen LogP contribution in [0.2, 0.25) is 0 Å². The Balaban J connectivity index is 1.52. The van der Waals surface area contributed by atoms with Crippen LogP contribution in [0.5, 0.6) is 0 Å². The molecular weight excluding hydrogens is 328 g/mol. The fourth-order valence-corrected chi connectivity index (χ4v) is 3.86. The van der Waals surface area contributed by atoms with Gasteiger partial charge in [0.25, 0.3) is 0 Å². The number of piperazine rings is 1. The van der Waals surface area contributed by atoms with Crippen LogP contribution in [0.1, 0.15) is 34.0 Å². The lowest BCUT2D eigenvalue weighted by atomic mass is 9.82. The fraction of sp³-hybridized carbons (Fsp3) is 0.450. The number of aliphatic hydroxyl groups is 1. The Morgan fingerprint density at radius 3 is 2.58 bits per heavy atom. The maximum Gasteiger partial charge on any atom is 0.225 e. The zero-order chi connectivity index (χ0) is 17.9. The maximum atomic E-state index is 12.5. The summed E-state index contributed by atoms with van der Waals surface area (Å²) in [6, 6.07) is 10.2. The van der Waals surface area contributed by atoms with Gasteiger partial charge in [-0.25, -0.2) is 9.97 Å². The minimum Gasteiger partial charge on any atom is -0.395 e. The number of anilines is 1. The molecule has 2 aliphatic rings. The van der Waals surface area contributed by atoms with Gasteiger partial charge in [0.1, 0.15) is 0 Å². The molecule has 4 rings (SSSR count). The van der Waals surface area contributed by atoms with Crippen molar-refractivity contribution in [2.45, 2.75) is 18.8 Å². The smallest absolute Gasteiger partial charge is 0.225 e. The van der Waals surface area contributed by atoms with Crippen LogP contribution in [-0.2, 0) is 6.42 Å². The van der Waals surface area contributed by atoms with Gasteiger partial charge in [-0.2, -0.15) is 0 Å². The SMILES string of the molecule is O=C1C[C@@H](c2ccccc2)Cc2nc(N3CCN(CCO)CC3)ncc21. The average molecular weight is 352 g/mol. The summed E-state index contributed by atoms with van der Waals surface area (Å²) < 4.78 is 0. The molecule has 1 aliphatic heterocycles. The number of aromatic nitrogens is 2. The summed E-state index contributed by atoms with van der Waals surface area (Å²) >= 11 is 0. The molecular formula is C20H24N4O2. The van der Waals surface area contributed by atoms with Crippen molar-refractivity contribution in [3.63, 3.8) is 0 Å². The lowest BCUT2D eigenvalue weighted by Gasteiger charge is -2.34. The minimum atomic E-state index is 0.138. The third-order valence-corrected chi connectivity index (χ3v) is 5.37. The topological polar surface area (TPSA) is 69.6 Å². The highest BCUT2D eigenvalue weighted by atomic mass is 16.3. The molecule has 1 atom stereocenters. The Hall–Kier alpha value is -2.31. The molecule has 2 heterocycles. The van der Waals surface area contributed by atoms with Crippen molar-refractivity contribution in [1.82, 2.24) is 14.9 Å². The number of rotatable bonds is 4. The van der Waals surface area contributed by atoms with Gasteiger partial charge in [-0.15, -0.1) is 0 Å². The second kappa shape index (κ2) is 7.51. The summed E-state index contributed by atoms with van der Waals surface area (Å²) in [4.78, 5) is 26.2. The van der Waals surface area contributed by atoms with E-state index in [1.165, 1.54) is 5.56 Å². The number of Topliss-reactive ketones (excluding diaryl/α,β-unsaturated/α-hetero) is 1. The van der Waals surface area contributed by atoms with E-state index in [1.807, 2.05) is 18.2 Å². The molecule has 1 fully saturated rings. The molecule has 0 spiro atoms. The lowest BCUT2D eigenvalue weighted by molar-refractivity contribution is 0.0962. The first-order valence-electron chi connectivity index (χ1n) is 9.27. The molecule has 1 saturated heterocycles. The summed E-state index contributed by atoms with van der Waals surface area (Å²) in [6.07, 6.45) is 3.02. The molecule has 0 unspecified atom stereocenters. The molecule has 26 heavy (non-hydrogen) atoms. The lowest BCUT2D eigenvalue weighted by Crippen LogP contribution is -2.47. The normalized spacial score (nSPS) is 20.9. The predicted molar refractivity (Wildman–Crippen MR) is 99.6 cm³/mol. The fourth-order valence-electron chi connectivity index (χ4n) is 3.86. The van der Waals surface area contributed by atoms with E-state index in [-0.39, 0.29) is 18.3 Å². The van der Waals surface area contributed by atoms with Crippen LogP contribution >= 0.6 is 0 Å². The Morgan fingerprint density at radius 2 is 1.85 bits per heavy atom. The van der Waals surface area contributed by atoms with Crippen molar-refractivity contribution in [3.8, 4) is 0 Å². The molecule has 1 aromatic heterocycles. The van der Waals surface area contributed by atoms with Gasteiger partial charge in [0.05, 0.1) is 17.9 Å². The number of nitrogens with zero attached hydrogens (tertiary/aromatic N) is 4. The van der Waals surface area contributed by atoms with E-state index >= 15 is 0 Å². The van der Waals surface area contributed by atoms with Gasteiger partial charge in [0.15, 0.2) is 5.78 Å². The van der Waals surface area contributed by atoms with Crippen LogP contribution in [0, 0.1) is 0 Å².